The molecule has 1 aromatic carbocycles. The summed E-state index contributed by atoms with van der Waals surface area (Å²) < 4.78 is 10.7. The van der Waals surface area contributed by atoms with Crippen molar-refractivity contribution in [3.8, 4) is 5.75 Å². The maximum absolute atomic E-state index is 13.7. The highest BCUT2D eigenvalue weighted by atomic mass is 35.5. The van der Waals surface area contributed by atoms with Crippen LogP contribution in [-0.4, -0.2) is 54.4 Å². The Balaban J connectivity index is 1.91. The third-order valence-corrected chi connectivity index (χ3v) is 7.48. The number of allylic oxidation sites excluding steroid dienone is 4. The molecule has 1 aromatic rings. The van der Waals surface area contributed by atoms with Crippen LogP contribution in [0.4, 0.5) is 0 Å². The van der Waals surface area contributed by atoms with Crippen LogP contribution < -0.4 is 4.74 Å². The van der Waals surface area contributed by atoms with E-state index in [2.05, 4.69) is 32.6 Å². The van der Waals surface area contributed by atoms with Crippen LogP contribution in [0.5, 0.6) is 5.75 Å². The van der Waals surface area contributed by atoms with Crippen LogP contribution in [0.3, 0.4) is 0 Å². The minimum absolute atomic E-state index is 0.0418. The quantitative estimate of drug-likeness (QED) is 0.537. The summed E-state index contributed by atoms with van der Waals surface area (Å²) in [7, 11) is 1.65. The zero-order valence-corrected chi connectivity index (χ0v) is 22.3. The molecule has 0 atom stereocenters. The van der Waals surface area contributed by atoms with E-state index in [4.69, 9.17) is 26.2 Å². The van der Waals surface area contributed by atoms with Gasteiger partial charge in [0.1, 0.15) is 5.75 Å². The summed E-state index contributed by atoms with van der Waals surface area (Å²) >= 11 is 6.50. The summed E-state index contributed by atoms with van der Waals surface area (Å²) in [6.45, 7) is 8.93. The average molecular weight is 516 g/mol. The number of carboxylic acids is 1. The number of Topliss-reactive ketones (excluding diaryl/α,β-unsaturated/α-hetero) is 2. The zero-order chi connectivity index (χ0) is 26.4. The molecule has 36 heavy (non-hydrogen) atoms. The lowest BCUT2D eigenvalue weighted by atomic mass is 9.63. The molecule has 1 N–H and O–H groups in total. The van der Waals surface area contributed by atoms with Crippen LogP contribution in [0.15, 0.2) is 40.7 Å². The lowest BCUT2D eigenvalue weighted by Gasteiger charge is -2.49. The molecule has 7 nitrogen and oxygen atoms in total. The standard InChI is InChI=1S/C28H34ClNO6/c1-27(2)11-18-25(20(31)13-27)24(16-6-7-22(17(29)10-16)36-15-23(33)34)26-19(30(18)8-9-35-5)12-28(3,4)14-21(26)32/h6-7,10,24H,8-9,11-15H2,1-5H3,(H,33,34). The monoisotopic (exact) mass is 515 g/mol. The SMILES string of the molecule is COCCN1C2=C(C(=O)CC(C)(C)C2)C(c2ccc(OCC(=O)O)c(Cl)c2)C2=C1CC(C)(C)CC2=O. The van der Waals surface area contributed by atoms with Gasteiger partial charge in [-0.05, 0) is 41.4 Å². The van der Waals surface area contributed by atoms with E-state index < -0.39 is 18.5 Å². The Morgan fingerprint density at radius 1 is 1.03 bits per heavy atom. The van der Waals surface area contributed by atoms with Crippen LogP contribution >= 0.6 is 11.6 Å². The number of methoxy groups -OCH3 is 1. The molecule has 0 unspecified atom stereocenters. The molecule has 1 heterocycles. The maximum atomic E-state index is 13.7. The van der Waals surface area contributed by atoms with E-state index >= 15 is 0 Å². The molecule has 194 valence electrons. The normalized spacial score (nSPS) is 21.4. The first-order chi connectivity index (χ1) is 16.8. The van der Waals surface area contributed by atoms with Crippen molar-refractivity contribution in [1.29, 1.82) is 0 Å². The largest absolute Gasteiger partial charge is 0.480 e. The second kappa shape index (κ2) is 9.67. The van der Waals surface area contributed by atoms with Gasteiger partial charge in [0.05, 0.1) is 11.6 Å². The van der Waals surface area contributed by atoms with Crippen molar-refractivity contribution < 1.29 is 29.0 Å². The van der Waals surface area contributed by atoms with Gasteiger partial charge in [-0.3, -0.25) is 9.59 Å². The Bertz CT molecular complexity index is 1120. The molecule has 1 aliphatic heterocycles. The molecule has 2 aliphatic carbocycles. The molecule has 0 bridgehead atoms. The van der Waals surface area contributed by atoms with Crippen LogP contribution in [0.1, 0.15) is 64.9 Å². The van der Waals surface area contributed by atoms with Gasteiger partial charge >= 0.3 is 5.97 Å². The van der Waals surface area contributed by atoms with E-state index in [-0.39, 0.29) is 33.2 Å². The molecular weight excluding hydrogens is 482 g/mol. The van der Waals surface area contributed by atoms with Crippen molar-refractivity contribution in [1.82, 2.24) is 4.90 Å². The first-order valence-corrected chi connectivity index (χ1v) is 12.6. The van der Waals surface area contributed by atoms with Gasteiger partial charge in [0, 0.05) is 55.0 Å². The highest BCUT2D eigenvalue weighted by Gasteiger charge is 2.48. The van der Waals surface area contributed by atoms with E-state index in [1.54, 1.807) is 25.3 Å². The number of ketones is 2. The maximum Gasteiger partial charge on any atom is 0.341 e. The van der Waals surface area contributed by atoms with Gasteiger partial charge in [0.15, 0.2) is 18.2 Å². The fraction of sp³-hybridized carbons (Fsp3) is 0.536. The lowest BCUT2D eigenvalue weighted by Crippen LogP contribution is -2.45. The number of rotatable bonds is 7. The second-order valence-electron chi connectivity index (χ2n) is 11.6. The second-order valence-corrected chi connectivity index (χ2v) is 12.0. The van der Waals surface area contributed by atoms with Gasteiger partial charge in [-0.1, -0.05) is 45.4 Å². The number of halogens is 1. The summed E-state index contributed by atoms with van der Waals surface area (Å²) in [5.41, 5.74) is 3.57. The smallest absolute Gasteiger partial charge is 0.341 e. The Hall–Kier alpha value is -2.64. The van der Waals surface area contributed by atoms with Crippen LogP contribution in [0.2, 0.25) is 5.02 Å². The molecule has 0 amide bonds. The van der Waals surface area contributed by atoms with Gasteiger partial charge in [0.2, 0.25) is 0 Å². The molecule has 0 aromatic heterocycles. The van der Waals surface area contributed by atoms with Crippen LogP contribution in [0.25, 0.3) is 0 Å². The fourth-order valence-corrected chi connectivity index (χ4v) is 6.03. The third kappa shape index (κ3) is 5.09. The summed E-state index contributed by atoms with van der Waals surface area (Å²) in [4.78, 5) is 40.5. The van der Waals surface area contributed by atoms with Crippen molar-refractivity contribution in [2.45, 2.75) is 59.3 Å². The molecule has 0 saturated heterocycles. The minimum Gasteiger partial charge on any atom is -0.480 e. The Labute approximate surface area is 217 Å². The highest BCUT2D eigenvalue weighted by Crippen LogP contribution is 2.54. The van der Waals surface area contributed by atoms with Gasteiger partial charge in [-0.25, -0.2) is 4.79 Å². The number of ether oxygens (including phenoxy) is 2. The molecule has 8 heteroatoms. The molecule has 3 aliphatic rings. The number of carbonyl (C=O) groups excluding carboxylic acids is 2. The number of nitrogens with zero attached hydrogens (tertiary/aromatic N) is 1. The first kappa shape index (κ1) is 26.4. The van der Waals surface area contributed by atoms with Gasteiger partial charge < -0.3 is 19.5 Å². The minimum atomic E-state index is -1.10. The van der Waals surface area contributed by atoms with Crippen LogP contribution in [0, 0.1) is 10.8 Å². The number of hydrogen-bond donors (Lipinski definition) is 1. The van der Waals surface area contributed by atoms with Gasteiger partial charge in [0.25, 0.3) is 0 Å². The van der Waals surface area contributed by atoms with Crippen molar-refractivity contribution in [2.24, 2.45) is 10.8 Å². The average Bonchev–Trinajstić information content (AvgIpc) is 2.74. The summed E-state index contributed by atoms with van der Waals surface area (Å²) in [6, 6.07) is 5.10. The lowest BCUT2D eigenvalue weighted by molar-refractivity contribution is -0.139. The topological polar surface area (TPSA) is 93.1 Å². The molecule has 0 radical (unpaired) electrons. The van der Waals surface area contributed by atoms with E-state index in [1.165, 1.54) is 0 Å². The van der Waals surface area contributed by atoms with Crippen molar-refractivity contribution in [3.05, 3.63) is 51.3 Å². The Morgan fingerprint density at radius 2 is 1.58 bits per heavy atom. The van der Waals surface area contributed by atoms with E-state index in [0.717, 1.165) is 17.0 Å². The number of aliphatic carboxylic acids is 1. The summed E-state index contributed by atoms with van der Waals surface area (Å²) in [5.74, 6) is -1.29. The number of carbonyl (C=O) groups is 3. The Morgan fingerprint density at radius 3 is 2.06 bits per heavy atom. The summed E-state index contributed by atoms with van der Waals surface area (Å²) in [5, 5.41) is 9.19. The van der Waals surface area contributed by atoms with Crippen molar-refractivity contribution in [3.63, 3.8) is 0 Å². The van der Waals surface area contributed by atoms with E-state index in [1.807, 2.05) is 0 Å². The summed E-state index contributed by atoms with van der Waals surface area (Å²) in [6.07, 6.45) is 2.23. The number of benzene rings is 1. The predicted octanol–water partition coefficient (Wildman–Crippen LogP) is 5.14. The predicted molar refractivity (Wildman–Crippen MR) is 136 cm³/mol. The van der Waals surface area contributed by atoms with E-state index in [9.17, 15) is 14.4 Å². The van der Waals surface area contributed by atoms with Crippen LogP contribution in [-0.2, 0) is 19.1 Å². The molecule has 0 fully saturated rings. The number of carboxylic acid groups (broad SMARTS) is 1. The van der Waals surface area contributed by atoms with Crippen molar-refractivity contribution >= 4 is 29.1 Å². The van der Waals surface area contributed by atoms with Crippen molar-refractivity contribution in [2.75, 3.05) is 26.9 Å². The van der Waals surface area contributed by atoms with Gasteiger partial charge in [-0.15, -0.1) is 0 Å². The molecule has 0 saturated carbocycles. The Kier molecular flexibility index (Phi) is 7.10. The number of hydrogen-bond acceptors (Lipinski definition) is 6. The third-order valence-electron chi connectivity index (χ3n) is 7.18. The van der Waals surface area contributed by atoms with E-state index in [0.29, 0.717) is 50.0 Å². The molecule has 4 rings (SSSR count). The zero-order valence-electron chi connectivity index (χ0n) is 21.6. The molecule has 0 spiro atoms. The first-order valence-electron chi connectivity index (χ1n) is 12.3. The molecular formula is C28H34ClNO6. The fourth-order valence-electron chi connectivity index (χ4n) is 5.79. The highest BCUT2D eigenvalue weighted by molar-refractivity contribution is 6.32. The van der Waals surface area contributed by atoms with Gasteiger partial charge in [-0.2, -0.15) is 0 Å².